The monoisotopic (exact) mass is 613 g/mol. The third-order valence-corrected chi connectivity index (χ3v) is 10.3. The van der Waals surface area contributed by atoms with Crippen molar-refractivity contribution in [2.24, 2.45) is 7.05 Å². The average Bonchev–Trinajstić information content (AvgIpc) is 3.51. The predicted octanol–water partition coefficient (Wildman–Crippen LogP) is 8.43. The van der Waals surface area contributed by atoms with Crippen LogP contribution in [0.4, 0.5) is 0 Å². The lowest BCUT2D eigenvalue weighted by atomic mass is 9.75. The van der Waals surface area contributed by atoms with Crippen LogP contribution in [0.5, 0.6) is 0 Å². The number of ketones is 1. The zero-order valence-electron chi connectivity index (χ0n) is 27.6. The van der Waals surface area contributed by atoms with E-state index in [1.165, 1.54) is 54.4 Å². The van der Waals surface area contributed by atoms with Gasteiger partial charge in [0.25, 0.3) is 5.91 Å². The van der Waals surface area contributed by atoms with E-state index in [9.17, 15) is 9.59 Å². The smallest absolute Gasteiger partial charge is 0.252 e. The highest BCUT2D eigenvalue weighted by Crippen LogP contribution is 2.43. The number of aryl methyl sites for hydroxylation is 4. The van der Waals surface area contributed by atoms with Crippen molar-refractivity contribution in [3.05, 3.63) is 88.5 Å². The molecule has 2 aliphatic rings. The van der Waals surface area contributed by atoms with Gasteiger partial charge in [0.2, 0.25) is 0 Å². The first-order chi connectivity index (χ1) is 22.1. The summed E-state index contributed by atoms with van der Waals surface area (Å²) in [5.41, 5.74) is 9.82. The van der Waals surface area contributed by atoms with Gasteiger partial charge in [-0.15, -0.1) is 0 Å². The number of benzene rings is 2. The first-order valence-electron chi connectivity index (χ1n) is 16.7. The maximum atomic E-state index is 14.1. The van der Waals surface area contributed by atoms with Gasteiger partial charge in [-0.05, 0) is 119 Å². The molecule has 2 aliphatic carbocycles. The van der Waals surface area contributed by atoms with E-state index in [1.807, 2.05) is 38.2 Å². The molecule has 3 aromatic heterocycles. The fourth-order valence-corrected chi connectivity index (χ4v) is 7.78. The molecule has 3 heterocycles. The molecule has 46 heavy (non-hydrogen) atoms. The summed E-state index contributed by atoms with van der Waals surface area (Å²) >= 11 is 0. The molecule has 0 unspecified atom stereocenters. The van der Waals surface area contributed by atoms with Gasteiger partial charge in [0.15, 0.2) is 5.78 Å². The van der Waals surface area contributed by atoms with Gasteiger partial charge in [-0.1, -0.05) is 31.4 Å². The Hall–Kier alpha value is -4.52. The maximum absolute atomic E-state index is 14.1. The zero-order valence-corrected chi connectivity index (χ0v) is 27.6. The number of imidazole rings is 1. The molecule has 7 nitrogen and oxygen atoms in total. The number of hydrogen-bond donors (Lipinski definition) is 1. The molecule has 2 saturated carbocycles. The van der Waals surface area contributed by atoms with Crippen LogP contribution in [0.2, 0.25) is 0 Å². The molecule has 236 valence electrons. The Morgan fingerprint density at radius 2 is 1.70 bits per heavy atom. The average molecular weight is 614 g/mol. The van der Waals surface area contributed by atoms with Gasteiger partial charge in [0, 0.05) is 46.5 Å². The van der Waals surface area contributed by atoms with Gasteiger partial charge in [-0.3, -0.25) is 14.6 Å². The Balaban J connectivity index is 1.26. The Morgan fingerprint density at radius 1 is 0.913 bits per heavy atom. The minimum atomic E-state index is -0.520. The van der Waals surface area contributed by atoms with E-state index in [-0.39, 0.29) is 11.7 Å². The molecule has 1 amide bonds. The molecule has 0 saturated heterocycles. The number of hydrogen-bond acceptors (Lipinski definition) is 4. The number of aromatic nitrogens is 4. The number of fused-ring (bicyclic) bond motifs is 2. The van der Waals surface area contributed by atoms with Crippen LogP contribution in [0.25, 0.3) is 39.3 Å². The molecule has 0 atom stereocenters. The molecule has 1 N–H and O–H groups in total. The van der Waals surface area contributed by atoms with E-state index >= 15 is 0 Å². The number of rotatable bonds is 7. The molecule has 2 aromatic carbocycles. The normalized spacial score (nSPS) is 16.7. The predicted molar refractivity (Wildman–Crippen MR) is 185 cm³/mol. The summed E-state index contributed by atoms with van der Waals surface area (Å²) in [6.45, 7) is 7.89. The van der Waals surface area contributed by atoms with Crippen LogP contribution < -0.4 is 5.32 Å². The third kappa shape index (κ3) is 5.16. The van der Waals surface area contributed by atoms with Gasteiger partial charge in [0.05, 0.1) is 22.3 Å². The van der Waals surface area contributed by atoms with Crippen LogP contribution in [0.1, 0.15) is 103 Å². The standard InChI is InChI=1S/C39H43N5O2/c1-24-12-17-31(27(4)40-24)36-26(3)32-23-29(16-19-34(32)44(36)30-10-7-6-8-11-30)37(46)42-39(20-9-21-39)38-41-33-18-15-28(14-13-25(2)45)22-35(33)43(38)5/h12-19,22-23,30H,6-11,20-21H2,1-5H3,(H,42,46)/b14-13+. The highest BCUT2D eigenvalue weighted by molar-refractivity contribution is 6.01. The van der Waals surface area contributed by atoms with Gasteiger partial charge < -0.3 is 14.5 Å². The van der Waals surface area contributed by atoms with Crippen LogP contribution in [-0.2, 0) is 17.4 Å². The van der Waals surface area contributed by atoms with Gasteiger partial charge in [-0.25, -0.2) is 4.98 Å². The van der Waals surface area contributed by atoms with Crippen molar-refractivity contribution in [1.29, 1.82) is 0 Å². The number of nitrogens with zero attached hydrogens (tertiary/aromatic N) is 4. The summed E-state index contributed by atoms with van der Waals surface area (Å²) in [6.07, 6.45) is 12.3. The van der Waals surface area contributed by atoms with E-state index in [0.29, 0.717) is 11.6 Å². The summed E-state index contributed by atoms with van der Waals surface area (Å²) < 4.78 is 4.65. The number of allylic oxidation sites excluding steroid dienone is 1. The summed E-state index contributed by atoms with van der Waals surface area (Å²) in [7, 11) is 2.02. The lowest BCUT2D eigenvalue weighted by Gasteiger charge is -2.41. The Morgan fingerprint density at radius 3 is 2.39 bits per heavy atom. The number of pyridine rings is 1. The van der Waals surface area contributed by atoms with E-state index in [0.717, 1.165) is 58.5 Å². The molecular weight excluding hydrogens is 570 g/mol. The van der Waals surface area contributed by atoms with E-state index in [4.69, 9.17) is 9.97 Å². The van der Waals surface area contributed by atoms with Gasteiger partial charge >= 0.3 is 0 Å². The second-order valence-corrected chi connectivity index (χ2v) is 13.5. The maximum Gasteiger partial charge on any atom is 0.252 e. The van der Waals surface area contributed by atoms with Crippen LogP contribution in [0.15, 0.2) is 54.6 Å². The molecule has 0 bridgehead atoms. The van der Waals surface area contributed by atoms with Crippen molar-refractivity contribution in [2.45, 2.75) is 90.6 Å². The quantitative estimate of drug-likeness (QED) is 0.187. The highest BCUT2D eigenvalue weighted by atomic mass is 16.2. The molecule has 0 radical (unpaired) electrons. The van der Waals surface area contributed by atoms with Crippen molar-refractivity contribution in [3.63, 3.8) is 0 Å². The Labute approximate surface area is 270 Å². The van der Waals surface area contributed by atoms with Crippen molar-refractivity contribution in [1.82, 2.24) is 24.4 Å². The van der Waals surface area contributed by atoms with Gasteiger partial charge in [0.1, 0.15) is 5.82 Å². The molecule has 5 aromatic rings. The molecular formula is C39H43N5O2. The molecule has 0 spiro atoms. The number of carbonyl (C=O) groups is 2. The number of carbonyl (C=O) groups excluding carboxylic acids is 2. The summed E-state index contributed by atoms with van der Waals surface area (Å²) in [6, 6.07) is 17.0. The minimum absolute atomic E-state index is 0.0133. The summed E-state index contributed by atoms with van der Waals surface area (Å²) in [5.74, 6) is 0.817. The lowest BCUT2D eigenvalue weighted by molar-refractivity contribution is -0.112. The van der Waals surface area contributed by atoms with Crippen LogP contribution in [-0.4, -0.2) is 30.8 Å². The van der Waals surface area contributed by atoms with Crippen molar-refractivity contribution in [3.8, 4) is 11.3 Å². The third-order valence-electron chi connectivity index (χ3n) is 10.3. The molecule has 7 rings (SSSR count). The fourth-order valence-electron chi connectivity index (χ4n) is 7.78. The fraction of sp³-hybridized carbons (Fsp3) is 0.385. The summed E-state index contributed by atoms with van der Waals surface area (Å²) in [5, 5.41) is 4.57. The number of amides is 1. The largest absolute Gasteiger partial charge is 0.339 e. The Kier molecular flexibility index (Phi) is 7.66. The second kappa shape index (κ2) is 11.7. The second-order valence-electron chi connectivity index (χ2n) is 13.5. The van der Waals surface area contributed by atoms with E-state index < -0.39 is 5.54 Å². The summed E-state index contributed by atoms with van der Waals surface area (Å²) in [4.78, 5) is 35.4. The van der Waals surface area contributed by atoms with Crippen LogP contribution in [0, 0.1) is 20.8 Å². The van der Waals surface area contributed by atoms with Crippen LogP contribution in [0.3, 0.4) is 0 Å². The molecule has 2 fully saturated rings. The van der Waals surface area contributed by atoms with Crippen LogP contribution >= 0.6 is 0 Å². The first kappa shape index (κ1) is 30.2. The number of nitrogens with one attached hydrogen (secondary N) is 1. The van der Waals surface area contributed by atoms with Crippen molar-refractivity contribution < 1.29 is 9.59 Å². The molecule has 7 heteroatoms. The topological polar surface area (TPSA) is 81.8 Å². The molecule has 0 aliphatic heterocycles. The SMILES string of the molecule is CC(=O)/C=C/c1ccc2nc(C3(NC(=O)c4ccc5c(c4)c(C)c(-c4ccc(C)nc4C)n5C4CCCCC4)CCC3)n(C)c2c1. The van der Waals surface area contributed by atoms with E-state index in [1.54, 1.807) is 13.0 Å². The minimum Gasteiger partial charge on any atom is -0.339 e. The lowest BCUT2D eigenvalue weighted by Crippen LogP contribution is -2.52. The van der Waals surface area contributed by atoms with Crippen molar-refractivity contribution >= 4 is 39.7 Å². The zero-order chi connectivity index (χ0) is 32.2. The Bertz CT molecular complexity index is 2030. The van der Waals surface area contributed by atoms with Gasteiger partial charge in [-0.2, -0.15) is 0 Å². The highest BCUT2D eigenvalue weighted by Gasteiger charge is 2.44. The van der Waals surface area contributed by atoms with E-state index in [2.05, 4.69) is 58.6 Å². The van der Waals surface area contributed by atoms with Crippen molar-refractivity contribution in [2.75, 3.05) is 0 Å². The first-order valence-corrected chi connectivity index (χ1v) is 16.7.